The summed E-state index contributed by atoms with van der Waals surface area (Å²) in [6.45, 7) is 10.3. The summed E-state index contributed by atoms with van der Waals surface area (Å²) in [6, 6.07) is 5.26. The quantitative estimate of drug-likeness (QED) is 0.413. The van der Waals surface area contributed by atoms with Crippen molar-refractivity contribution in [2.75, 3.05) is 13.2 Å². The number of rotatable bonds is 8. The van der Waals surface area contributed by atoms with Gasteiger partial charge in [0.15, 0.2) is 11.5 Å². The highest BCUT2D eigenvalue weighted by atomic mass is 16.6. The molecule has 4 nitrogen and oxygen atoms in total. The van der Waals surface area contributed by atoms with Gasteiger partial charge in [-0.2, -0.15) is 0 Å². The van der Waals surface area contributed by atoms with Crippen molar-refractivity contribution in [3.8, 4) is 17.2 Å². The molecule has 0 spiro atoms. The molecule has 0 saturated heterocycles. The van der Waals surface area contributed by atoms with Crippen LogP contribution in [0.5, 0.6) is 17.2 Å². The third-order valence-electron chi connectivity index (χ3n) is 2.41. The molecule has 0 aromatic heterocycles. The van der Waals surface area contributed by atoms with Crippen LogP contribution in [-0.4, -0.2) is 19.2 Å². The fourth-order valence-electron chi connectivity index (χ4n) is 1.44. The molecular weight excluding hydrogens is 256 g/mol. The first-order valence-electron chi connectivity index (χ1n) is 6.86. The summed E-state index contributed by atoms with van der Waals surface area (Å²) in [6.07, 6.45) is 1.75. The highest BCUT2D eigenvalue weighted by molar-refractivity contribution is 5.89. The van der Waals surface area contributed by atoms with Crippen LogP contribution >= 0.6 is 0 Å². The van der Waals surface area contributed by atoms with Crippen molar-refractivity contribution in [3.05, 3.63) is 30.4 Å². The average Bonchev–Trinajstić information content (AvgIpc) is 2.43. The molecule has 0 aliphatic carbocycles. The topological polar surface area (TPSA) is 44.8 Å². The van der Waals surface area contributed by atoms with Gasteiger partial charge in [0, 0.05) is 5.57 Å². The number of carbonyl (C=O) groups excluding carboxylic acids is 1. The van der Waals surface area contributed by atoms with E-state index >= 15 is 0 Å². The van der Waals surface area contributed by atoms with E-state index in [0.29, 0.717) is 36.0 Å². The van der Waals surface area contributed by atoms with Gasteiger partial charge in [-0.1, -0.05) is 26.5 Å². The highest BCUT2D eigenvalue weighted by Crippen LogP contribution is 2.37. The van der Waals surface area contributed by atoms with Crippen molar-refractivity contribution >= 4 is 5.97 Å². The Morgan fingerprint density at radius 1 is 1.10 bits per heavy atom. The van der Waals surface area contributed by atoms with E-state index in [1.165, 1.54) is 0 Å². The summed E-state index contributed by atoms with van der Waals surface area (Å²) in [7, 11) is 0. The smallest absolute Gasteiger partial charge is 0.338 e. The fraction of sp³-hybridized carbons (Fsp3) is 0.438. The van der Waals surface area contributed by atoms with Crippen molar-refractivity contribution < 1.29 is 19.0 Å². The van der Waals surface area contributed by atoms with Crippen LogP contribution in [0.25, 0.3) is 0 Å². The van der Waals surface area contributed by atoms with Crippen LogP contribution < -0.4 is 14.2 Å². The zero-order valence-corrected chi connectivity index (χ0v) is 12.4. The van der Waals surface area contributed by atoms with Gasteiger partial charge in [0.25, 0.3) is 0 Å². The maximum atomic E-state index is 11.6. The van der Waals surface area contributed by atoms with Crippen LogP contribution in [0.1, 0.15) is 33.6 Å². The lowest BCUT2D eigenvalue weighted by atomic mass is 10.3. The van der Waals surface area contributed by atoms with Crippen molar-refractivity contribution in [2.45, 2.75) is 33.6 Å². The molecule has 0 bridgehead atoms. The van der Waals surface area contributed by atoms with Gasteiger partial charge < -0.3 is 14.2 Å². The molecule has 0 saturated carbocycles. The minimum atomic E-state index is -0.473. The Kier molecular flexibility index (Phi) is 6.64. The maximum absolute atomic E-state index is 11.6. The summed E-state index contributed by atoms with van der Waals surface area (Å²) in [4.78, 5) is 11.6. The number of esters is 1. The third-order valence-corrected chi connectivity index (χ3v) is 2.41. The van der Waals surface area contributed by atoms with Crippen LogP contribution in [-0.2, 0) is 4.79 Å². The van der Waals surface area contributed by atoms with Gasteiger partial charge in [0.05, 0.1) is 13.2 Å². The van der Waals surface area contributed by atoms with Crippen LogP contribution in [0.4, 0.5) is 0 Å². The van der Waals surface area contributed by atoms with E-state index in [4.69, 9.17) is 14.2 Å². The van der Waals surface area contributed by atoms with Gasteiger partial charge in [0.1, 0.15) is 0 Å². The van der Waals surface area contributed by atoms with Crippen LogP contribution in [0.3, 0.4) is 0 Å². The van der Waals surface area contributed by atoms with Crippen molar-refractivity contribution in [2.24, 2.45) is 0 Å². The van der Waals surface area contributed by atoms with Gasteiger partial charge in [0.2, 0.25) is 5.75 Å². The van der Waals surface area contributed by atoms with Crippen molar-refractivity contribution in [1.29, 1.82) is 0 Å². The van der Waals surface area contributed by atoms with Gasteiger partial charge in [-0.15, -0.1) is 0 Å². The molecule has 0 N–H and O–H groups in total. The Hall–Kier alpha value is -1.97. The third kappa shape index (κ3) is 4.61. The van der Waals surface area contributed by atoms with Gasteiger partial charge >= 0.3 is 5.97 Å². The van der Waals surface area contributed by atoms with Crippen molar-refractivity contribution in [3.63, 3.8) is 0 Å². The SMILES string of the molecule is C=C(C)C(=O)Oc1cccc(OCCC)c1OCCC. The van der Waals surface area contributed by atoms with Gasteiger partial charge in [-0.25, -0.2) is 4.79 Å². The molecule has 0 fully saturated rings. The van der Waals surface area contributed by atoms with Crippen molar-refractivity contribution in [1.82, 2.24) is 0 Å². The normalized spacial score (nSPS) is 9.95. The molecule has 1 aromatic rings. The van der Waals surface area contributed by atoms with E-state index in [-0.39, 0.29) is 0 Å². The lowest BCUT2D eigenvalue weighted by Gasteiger charge is -2.15. The van der Waals surface area contributed by atoms with Gasteiger partial charge in [-0.05, 0) is 31.9 Å². The zero-order valence-electron chi connectivity index (χ0n) is 12.4. The predicted octanol–water partition coefficient (Wildman–Crippen LogP) is 3.75. The highest BCUT2D eigenvalue weighted by Gasteiger charge is 2.15. The Labute approximate surface area is 120 Å². The standard InChI is InChI=1S/C16H22O4/c1-5-10-18-13-8-7-9-14(15(13)19-11-6-2)20-16(17)12(3)4/h7-9H,3,5-6,10-11H2,1-2,4H3. The summed E-state index contributed by atoms with van der Waals surface area (Å²) in [5, 5.41) is 0. The van der Waals surface area contributed by atoms with Crippen LogP contribution in [0.15, 0.2) is 30.4 Å². The Morgan fingerprint density at radius 3 is 2.30 bits per heavy atom. The number of ether oxygens (including phenoxy) is 3. The molecule has 0 radical (unpaired) electrons. The second-order valence-electron chi connectivity index (χ2n) is 4.45. The van der Waals surface area contributed by atoms with E-state index < -0.39 is 5.97 Å². The number of carbonyl (C=O) groups is 1. The van der Waals surface area contributed by atoms with Crippen LogP contribution in [0, 0.1) is 0 Å². The number of para-hydroxylation sites is 1. The monoisotopic (exact) mass is 278 g/mol. The first-order chi connectivity index (χ1) is 9.60. The predicted molar refractivity (Wildman–Crippen MR) is 78.5 cm³/mol. The molecule has 20 heavy (non-hydrogen) atoms. The maximum Gasteiger partial charge on any atom is 0.338 e. The minimum absolute atomic E-state index is 0.339. The second-order valence-corrected chi connectivity index (χ2v) is 4.45. The number of hydrogen-bond acceptors (Lipinski definition) is 4. The molecule has 0 heterocycles. The summed E-state index contributed by atoms with van der Waals surface area (Å²) < 4.78 is 16.6. The first kappa shape index (κ1) is 16.1. The second kappa shape index (κ2) is 8.25. The van der Waals surface area contributed by atoms with E-state index in [0.717, 1.165) is 12.8 Å². The molecule has 0 atom stereocenters. The molecule has 0 aliphatic rings. The van der Waals surface area contributed by atoms with Crippen LogP contribution in [0.2, 0.25) is 0 Å². The number of benzene rings is 1. The zero-order chi connectivity index (χ0) is 15.0. The summed E-state index contributed by atoms with van der Waals surface area (Å²) in [5.41, 5.74) is 0.339. The van der Waals surface area contributed by atoms with Gasteiger partial charge in [-0.3, -0.25) is 0 Å². The molecule has 0 aliphatic heterocycles. The lowest BCUT2D eigenvalue weighted by Crippen LogP contribution is -2.10. The molecule has 1 rings (SSSR count). The first-order valence-corrected chi connectivity index (χ1v) is 6.86. The Balaban J connectivity index is 3.00. The Morgan fingerprint density at radius 2 is 1.70 bits per heavy atom. The lowest BCUT2D eigenvalue weighted by molar-refractivity contribution is -0.130. The molecule has 110 valence electrons. The van der Waals surface area contributed by atoms with E-state index in [9.17, 15) is 4.79 Å². The average molecular weight is 278 g/mol. The largest absolute Gasteiger partial charge is 0.490 e. The molecule has 4 heteroatoms. The van der Waals surface area contributed by atoms with E-state index in [2.05, 4.69) is 6.58 Å². The summed E-state index contributed by atoms with van der Waals surface area (Å²) >= 11 is 0. The molecule has 0 unspecified atom stereocenters. The minimum Gasteiger partial charge on any atom is -0.490 e. The Bertz CT molecular complexity index is 466. The molecule has 0 amide bonds. The summed E-state index contributed by atoms with van der Waals surface area (Å²) in [5.74, 6) is 0.948. The molecule has 1 aromatic carbocycles. The fourth-order valence-corrected chi connectivity index (χ4v) is 1.44. The molecular formula is C16H22O4. The van der Waals surface area contributed by atoms with E-state index in [1.54, 1.807) is 25.1 Å². The number of hydrogen-bond donors (Lipinski definition) is 0. The van der Waals surface area contributed by atoms with E-state index in [1.807, 2.05) is 13.8 Å².